The molecule has 0 bridgehead atoms. The maximum atomic E-state index is 9.95. The van der Waals surface area contributed by atoms with Crippen LogP contribution in [0.25, 0.3) is 0 Å². The van der Waals surface area contributed by atoms with Gasteiger partial charge in [-0.25, -0.2) is 4.98 Å². The molecule has 0 saturated carbocycles. The van der Waals surface area contributed by atoms with Gasteiger partial charge >= 0.3 is 0 Å². The van der Waals surface area contributed by atoms with Gasteiger partial charge in [0.15, 0.2) is 0 Å². The highest BCUT2D eigenvalue weighted by Gasteiger charge is 2.06. The Kier molecular flexibility index (Phi) is 4.12. The van der Waals surface area contributed by atoms with E-state index >= 15 is 0 Å². The van der Waals surface area contributed by atoms with Crippen molar-refractivity contribution in [3.63, 3.8) is 0 Å². The Bertz CT molecular complexity index is 476. The largest absolute Gasteiger partial charge is 0.387 e. The Morgan fingerprint density at radius 3 is 2.59 bits per heavy atom. The van der Waals surface area contributed by atoms with E-state index in [1.54, 1.807) is 0 Å². The van der Waals surface area contributed by atoms with Crippen LogP contribution < -0.4 is 5.32 Å². The molecule has 1 aromatic carbocycles. The van der Waals surface area contributed by atoms with Gasteiger partial charge in [-0.1, -0.05) is 36.4 Å². The van der Waals surface area contributed by atoms with E-state index in [0.717, 1.165) is 16.0 Å². The minimum Gasteiger partial charge on any atom is -0.387 e. The molecule has 1 atom stereocenters. The van der Waals surface area contributed by atoms with Crippen molar-refractivity contribution in [3.8, 4) is 0 Å². The monoisotopic (exact) mass is 292 g/mol. The van der Waals surface area contributed by atoms with Crippen molar-refractivity contribution >= 4 is 21.7 Å². The summed E-state index contributed by atoms with van der Waals surface area (Å²) in [5.74, 6) is 0.745. The van der Waals surface area contributed by atoms with Gasteiger partial charge in [0.05, 0.1) is 6.10 Å². The lowest BCUT2D eigenvalue weighted by molar-refractivity contribution is 0.191. The van der Waals surface area contributed by atoms with Crippen molar-refractivity contribution < 1.29 is 5.11 Å². The minimum atomic E-state index is -0.531. The SMILES string of the molecule is OC(CNc1cccc(Br)n1)c1ccccc1. The number of aliphatic hydroxyl groups excluding tert-OH is 1. The van der Waals surface area contributed by atoms with Gasteiger partial charge in [-0.05, 0) is 33.6 Å². The second-order valence-corrected chi connectivity index (χ2v) is 4.47. The molecule has 1 heterocycles. The van der Waals surface area contributed by atoms with Crippen molar-refractivity contribution in [1.82, 2.24) is 4.98 Å². The first-order chi connectivity index (χ1) is 8.25. The van der Waals surface area contributed by atoms with Crippen molar-refractivity contribution in [1.29, 1.82) is 0 Å². The molecule has 2 aromatic rings. The van der Waals surface area contributed by atoms with E-state index in [9.17, 15) is 5.11 Å². The summed E-state index contributed by atoms with van der Waals surface area (Å²) in [5, 5.41) is 13.0. The lowest BCUT2D eigenvalue weighted by Crippen LogP contribution is -2.12. The van der Waals surface area contributed by atoms with Crippen molar-refractivity contribution in [2.75, 3.05) is 11.9 Å². The number of aromatic nitrogens is 1. The van der Waals surface area contributed by atoms with Gasteiger partial charge in [-0.15, -0.1) is 0 Å². The van der Waals surface area contributed by atoms with Crippen LogP contribution >= 0.6 is 15.9 Å². The first kappa shape index (κ1) is 12.1. The second kappa shape index (κ2) is 5.80. The first-order valence-corrected chi connectivity index (χ1v) is 6.14. The van der Waals surface area contributed by atoms with Gasteiger partial charge in [0.1, 0.15) is 10.4 Å². The van der Waals surface area contributed by atoms with E-state index in [2.05, 4.69) is 26.2 Å². The summed E-state index contributed by atoms with van der Waals surface area (Å²) in [7, 11) is 0. The summed E-state index contributed by atoms with van der Waals surface area (Å²) in [5.41, 5.74) is 0.898. The number of benzene rings is 1. The van der Waals surface area contributed by atoms with E-state index in [1.807, 2.05) is 48.5 Å². The maximum absolute atomic E-state index is 9.95. The molecule has 1 unspecified atom stereocenters. The van der Waals surface area contributed by atoms with Gasteiger partial charge < -0.3 is 10.4 Å². The first-order valence-electron chi connectivity index (χ1n) is 5.35. The molecule has 0 saturated heterocycles. The lowest BCUT2D eigenvalue weighted by atomic mass is 10.1. The van der Waals surface area contributed by atoms with E-state index in [0.29, 0.717) is 6.54 Å². The number of pyridine rings is 1. The normalized spacial score (nSPS) is 12.1. The van der Waals surface area contributed by atoms with Crippen LogP contribution in [0.4, 0.5) is 5.82 Å². The number of hydrogen-bond donors (Lipinski definition) is 2. The fraction of sp³-hybridized carbons (Fsp3) is 0.154. The fourth-order valence-electron chi connectivity index (χ4n) is 1.50. The molecular formula is C13H13BrN2O. The van der Waals surface area contributed by atoms with Crippen LogP contribution in [0.5, 0.6) is 0 Å². The average Bonchev–Trinajstić information content (AvgIpc) is 2.37. The zero-order valence-electron chi connectivity index (χ0n) is 9.18. The highest BCUT2D eigenvalue weighted by molar-refractivity contribution is 9.10. The molecule has 2 N–H and O–H groups in total. The van der Waals surface area contributed by atoms with Gasteiger partial charge in [0.2, 0.25) is 0 Å². The molecule has 1 aromatic heterocycles. The highest BCUT2D eigenvalue weighted by atomic mass is 79.9. The summed E-state index contributed by atoms with van der Waals surface area (Å²) in [4.78, 5) is 4.23. The predicted molar refractivity (Wildman–Crippen MR) is 71.8 cm³/mol. The Balaban J connectivity index is 1.95. The van der Waals surface area contributed by atoms with Crippen LogP contribution in [0, 0.1) is 0 Å². The zero-order valence-corrected chi connectivity index (χ0v) is 10.8. The topological polar surface area (TPSA) is 45.1 Å². The third-order valence-corrected chi connectivity index (χ3v) is 2.82. The van der Waals surface area contributed by atoms with Crippen LogP contribution in [0.2, 0.25) is 0 Å². The summed E-state index contributed by atoms with van der Waals surface area (Å²) in [6.45, 7) is 0.438. The molecule has 0 amide bonds. The number of nitrogens with one attached hydrogen (secondary N) is 1. The summed E-state index contributed by atoms with van der Waals surface area (Å²) >= 11 is 3.30. The maximum Gasteiger partial charge on any atom is 0.127 e. The van der Waals surface area contributed by atoms with Crippen LogP contribution in [-0.4, -0.2) is 16.6 Å². The Hall–Kier alpha value is -1.39. The molecule has 0 aliphatic heterocycles. The zero-order chi connectivity index (χ0) is 12.1. The number of aliphatic hydroxyl groups is 1. The number of nitrogens with zero attached hydrogens (tertiary/aromatic N) is 1. The molecule has 0 spiro atoms. The fourth-order valence-corrected chi connectivity index (χ4v) is 1.84. The third-order valence-electron chi connectivity index (χ3n) is 2.38. The lowest BCUT2D eigenvalue weighted by Gasteiger charge is -2.12. The molecule has 88 valence electrons. The molecule has 0 aliphatic rings. The van der Waals surface area contributed by atoms with E-state index in [4.69, 9.17) is 0 Å². The number of anilines is 1. The van der Waals surface area contributed by atoms with Gasteiger partial charge in [0.25, 0.3) is 0 Å². The van der Waals surface area contributed by atoms with Crippen LogP contribution in [0.3, 0.4) is 0 Å². The molecule has 3 nitrogen and oxygen atoms in total. The van der Waals surface area contributed by atoms with E-state index in [1.165, 1.54) is 0 Å². The molecule has 2 rings (SSSR count). The standard InChI is InChI=1S/C13H13BrN2O/c14-12-7-4-8-13(16-12)15-9-11(17)10-5-2-1-3-6-10/h1-8,11,17H,9H2,(H,15,16). The quantitative estimate of drug-likeness (QED) is 0.852. The molecule has 0 radical (unpaired) electrons. The summed E-state index contributed by atoms with van der Waals surface area (Å²) < 4.78 is 0.775. The molecule has 0 aliphatic carbocycles. The number of rotatable bonds is 4. The van der Waals surface area contributed by atoms with E-state index < -0.39 is 6.10 Å². The molecular weight excluding hydrogens is 280 g/mol. The molecule has 17 heavy (non-hydrogen) atoms. The predicted octanol–water partition coefficient (Wildman–Crippen LogP) is 2.99. The van der Waals surface area contributed by atoms with Gasteiger partial charge in [-0.2, -0.15) is 0 Å². The Morgan fingerprint density at radius 2 is 1.88 bits per heavy atom. The van der Waals surface area contributed by atoms with Crippen molar-refractivity contribution in [2.45, 2.75) is 6.10 Å². The minimum absolute atomic E-state index is 0.438. The van der Waals surface area contributed by atoms with Gasteiger partial charge in [0, 0.05) is 6.54 Å². The summed E-state index contributed by atoms with van der Waals surface area (Å²) in [6, 6.07) is 15.2. The Labute approximate surface area is 109 Å². The van der Waals surface area contributed by atoms with Gasteiger partial charge in [-0.3, -0.25) is 0 Å². The van der Waals surface area contributed by atoms with Crippen LogP contribution in [0.15, 0.2) is 53.1 Å². The third kappa shape index (κ3) is 3.54. The Morgan fingerprint density at radius 1 is 1.12 bits per heavy atom. The van der Waals surface area contributed by atoms with Crippen LogP contribution in [0.1, 0.15) is 11.7 Å². The molecule has 4 heteroatoms. The highest BCUT2D eigenvalue weighted by Crippen LogP contribution is 2.14. The molecule has 0 fully saturated rings. The van der Waals surface area contributed by atoms with Crippen LogP contribution in [-0.2, 0) is 0 Å². The van der Waals surface area contributed by atoms with Crippen molar-refractivity contribution in [2.24, 2.45) is 0 Å². The second-order valence-electron chi connectivity index (χ2n) is 3.65. The smallest absolute Gasteiger partial charge is 0.127 e. The average molecular weight is 293 g/mol. The number of hydrogen-bond acceptors (Lipinski definition) is 3. The van der Waals surface area contributed by atoms with Crippen molar-refractivity contribution in [3.05, 3.63) is 58.7 Å². The van der Waals surface area contributed by atoms with E-state index in [-0.39, 0.29) is 0 Å². The summed E-state index contributed by atoms with van der Waals surface area (Å²) in [6.07, 6.45) is -0.531. The number of halogens is 1.